The van der Waals surface area contributed by atoms with Crippen molar-refractivity contribution >= 4 is 21.8 Å². The van der Waals surface area contributed by atoms with Crippen molar-refractivity contribution in [2.24, 2.45) is 5.92 Å². The maximum Gasteiger partial charge on any atom is 0.251 e. The number of halogens is 1. The molecule has 0 aromatic heterocycles. The SMILES string of the molecule is CC1CCC(CO)(NC(=O)c2cccc(Br)c2)CC1. The monoisotopic (exact) mass is 325 g/mol. The van der Waals surface area contributed by atoms with E-state index in [0.29, 0.717) is 11.5 Å². The Morgan fingerprint density at radius 2 is 2.16 bits per heavy atom. The van der Waals surface area contributed by atoms with Crippen LogP contribution < -0.4 is 5.32 Å². The van der Waals surface area contributed by atoms with Gasteiger partial charge in [-0.05, 0) is 49.8 Å². The molecule has 0 unspecified atom stereocenters. The first-order chi connectivity index (χ1) is 9.04. The third kappa shape index (κ3) is 3.57. The Morgan fingerprint density at radius 3 is 2.74 bits per heavy atom. The lowest BCUT2D eigenvalue weighted by molar-refractivity contribution is 0.0717. The Morgan fingerprint density at radius 1 is 1.47 bits per heavy atom. The van der Waals surface area contributed by atoms with Crippen LogP contribution in [0, 0.1) is 5.92 Å². The molecule has 1 aromatic rings. The molecule has 19 heavy (non-hydrogen) atoms. The number of nitrogens with one attached hydrogen (secondary N) is 1. The highest BCUT2D eigenvalue weighted by Gasteiger charge is 2.35. The number of hydrogen-bond donors (Lipinski definition) is 2. The van der Waals surface area contributed by atoms with Crippen LogP contribution in [0.5, 0.6) is 0 Å². The number of amides is 1. The number of carbonyl (C=O) groups is 1. The fourth-order valence-electron chi connectivity index (χ4n) is 2.58. The number of aliphatic hydroxyl groups is 1. The Bertz CT molecular complexity index is 453. The van der Waals surface area contributed by atoms with Gasteiger partial charge in [-0.25, -0.2) is 0 Å². The smallest absolute Gasteiger partial charge is 0.251 e. The minimum atomic E-state index is -0.439. The quantitative estimate of drug-likeness (QED) is 0.897. The van der Waals surface area contributed by atoms with E-state index in [1.807, 2.05) is 12.1 Å². The van der Waals surface area contributed by atoms with E-state index in [0.717, 1.165) is 30.2 Å². The molecule has 1 saturated carbocycles. The van der Waals surface area contributed by atoms with Crippen LogP contribution in [0.2, 0.25) is 0 Å². The van der Waals surface area contributed by atoms with Gasteiger partial charge in [-0.3, -0.25) is 4.79 Å². The van der Waals surface area contributed by atoms with E-state index in [-0.39, 0.29) is 12.5 Å². The molecule has 1 aliphatic carbocycles. The van der Waals surface area contributed by atoms with Crippen LogP contribution in [0.1, 0.15) is 43.0 Å². The predicted octanol–water partition coefficient (Wildman–Crippen LogP) is 3.12. The molecule has 104 valence electrons. The molecule has 0 spiro atoms. The topological polar surface area (TPSA) is 49.3 Å². The molecule has 0 atom stereocenters. The van der Waals surface area contributed by atoms with E-state index < -0.39 is 5.54 Å². The van der Waals surface area contributed by atoms with E-state index in [2.05, 4.69) is 28.2 Å². The molecule has 0 radical (unpaired) electrons. The van der Waals surface area contributed by atoms with Crippen molar-refractivity contribution in [2.75, 3.05) is 6.61 Å². The third-order valence-corrected chi connectivity index (χ3v) is 4.49. The number of aliphatic hydroxyl groups excluding tert-OH is 1. The second kappa shape index (κ2) is 6.06. The highest BCUT2D eigenvalue weighted by Crippen LogP contribution is 2.31. The van der Waals surface area contributed by atoms with Crippen molar-refractivity contribution in [1.29, 1.82) is 0 Å². The van der Waals surface area contributed by atoms with Crippen LogP contribution in [-0.2, 0) is 0 Å². The molecule has 1 fully saturated rings. The van der Waals surface area contributed by atoms with Crippen LogP contribution in [0.4, 0.5) is 0 Å². The standard InChI is InChI=1S/C15H20BrNO2/c1-11-5-7-15(10-18,8-6-11)17-14(19)12-3-2-4-13(16)9-12/h2-4,9,11,18H,5-8,10H2,1H3,(H,17,19). The molecular weight excluding hydrogens is 306 g/mol. The third-order valence-electron chi connectivity index (χ3n) is 4.00. The summed E-state index contributed by atoms with van der Waals surface area (Å²) in [6.07, 6.45) is 3.81. The molecule has 2 N–H and O–H groups in total. The Kier molecular flexibility index (Phi) is 4.63. The van der Waals surface area contributed by atoms with Crippen molar-refractivity contribution in [2.45, 2.75) is 38.1 Å². The fourth-order valence-corrected chi connectivity index (χ4v) is 2.98. The Balaban J connectivity index is 2.08. The zero-order valence-corrected chi connectivity index (χ0v) is 12.7. The van der Waals surface area contributed by atoms with Crippen molar-refractivity contribution in [3.63, 3.8) is 0 Å². The van der Waals surface area contributed by atoms with Gasteiger partial charge < -0.3 is 10.4 Å². The first-order valence-corrected chi connectivity index (χ1v) is 7.53. The van der Waals surface area contributed by atoms with E-state index in [1.165, 1.54) is 0 Å². The molecule has 0 aliphatic heterocycles. The average Bonchev–Trinajstić information content (AvgIpc) is 2.42. The second-order valence-corrected chi connectivity index (χ2v) is 6.50. The highest BCUT2D eigenvalue weighted by molar-refractivity contribution is 9.10. The molecule has 3 nitrogen and oxygen atoms in total. The van der Waals surface area contributed by atoms with Gasteiger partial charge in [-0.2, -0.15) is 0 Å². The van der Waals surface area contributed by atoms with Gasteiger partial charge in [0.25, 0.3) is 5.91 Å². The summed E-state index contributed by atoms with van der Waals surface area (Å²) in [5.74, 6) is 0.576. The maximum absolute atomic E-state index is 12.3. The second-order valence-electron chi connectivity index (χ2n) is 5.59. The van der Waals surface area contributed by atoms with E-state index >= 15 is 0 Å². The maximum atomic E-state index is 12.3. The summed E-state index contributed by atoms with van der Waals surface area (Å²) in [5, 5.41) is 12.7. The molecule has 1 aromatic carbocycles. The summed E-state index contributed by atoms with van der Waals surface area (Å²) >= 11 is 3.36. The molecule has 4 heteroatoms. The van der Waals surface area contributed by atoms with E-state index in [9.17, 15) is 9.90 Å². The molecule has 0 bridgehead atoms. The summed E-state index contributed by atoms with van der Waals surface area (Å²) in [4.78, 5) is 12.3. The zero-order valence-electron chi connectivity index (χ0n) is 11.2. The lowest BCUT2D eigenvalue weighted by Gasteiger charge is -2.38. The molecule has 0 saturated heterocycles. The summed E-state index contributed by atoms with van der Waals surface area (Å²) in [5.41, 5.74) is 0.187. The lowest BCUT2D eigenvalue weighted by Crippen LogP contribution is -2.53. The largest absolute Gasteiger partial charge is 0.394 e. The predicted molar refractivity (Wildman–Crippen MR) is 79.1 cm³/mol. The lowest BCUT2D eigenvalue weighted by atomic mass is 9.77. The van der Waals surface area contributed by atoms with E-state index in [4.69, 9.17) is 0 Å². The van der Waals surface area contributed by atoms with Gasteiger partial charge in [0.2, 0.25) is 0 Å². The zero-order chi connectivity index (χ0) is 13.9. The Labute approximate surface area is 122 Å². The summed E-state index contributed by atoms with van der Waals surface area (Å²) < 4.78 is 0.885. The molecular formula is C15H20BrNO2. The van der Waals surface area contributed by atoms with Crippen LogP contribution in [0.25, 0.3) is 0 Å². The van der Waals surface area contributed by atoms with Crippen LogP contribution in [0.15, 0.2) is 28.7 Å². The van der Waals surface area contributed by atoms with Crippen molar-refractivity contribution in [1.82, 2.24) is 5.32 Å². The summed E-state index contributed by atoms with van der Waals surface area (Å²) in [7, 11) is 0. The summed E-state index contributed by atoms with van der Waals surface area (Å²) in [6.45, 7) is 2.23. The number of carbonyl (C=O) groups excluding carboxylic acids is 1. The van der Waals surface area contributed by atoms with Crippen molar-refractivity contribution in [3.8, 4) is 0 Å². The minimum Gasteiger partial charge on any atom is -0.394 e. The Hall–Kier alpha value is -0.870. The van der Waals surface area contributed by atoms with Gasteiger partial charge in [-0.15, -0.1) is 0 Å². The van der Waals surface area contributed by atoms with Gasteiger partial charge in [0, 0.05) is 10.0 Å². The minimum absolute atomic E-state index is 0.0134. The van der Waals surface area contributed by atoms with Gasteiger partial charge in [0.05, 0.1) is 12.1 Å². The molecule has 2 rings (SSSR count). The molecule has 1 amide bonds. The highest BCUT2D eigenvalue weighted by atomic mass is 79.9. The van der Waals surface area contributed by atoms with Gasteiger partial charge in [-0.1, -0.05) is 28.9 Å². The van der Waals surface area contributed by atoms with E-state index in [1.54, 1.807) is 12.1 Å². The summed E-state index contributed by atoms with van der Waals surface area (Å²) in [6, 6.07) is 7.32. The van der Waals surface area contributed by atoms with Gasteiger partial charge in [0.1, 0.15) is 0 Å². The first-order valence-electron chi connectivity index (χ1n) is 6.74. The van der Waals surface area contributed by atoms with Crippen molar-refractivity contribution in [3.05, 3.63) is 34.3 Å². The number of rotatable bonds is 3. The van der Waals surface area contributed by atoms with Crippen molar-refractivity contribution < 1.29 is 9.90 Å². The first kappa shape index (κ1) is 14.5. The number of hydrogen-bond acceptors (Lipinski definition) is 2. The molecule has 1 aliphatic rings. The average molecular weight is 326 g/mol. The van der Waals surface area contributed by atoms with Gasteiger partial charge in [0.15, 0.2) is 0 Å². The normalized spacial score (nSPS) is 27.0. The van der Waals surface area contributed by atoms with Crippen LogP contribution >= 0.6 is 15.9 Å². The van der Waals surface area contributed by atoms with Crippen LogP contribution in [0.3, 0.4) is 0 Å². The molecule has 0 heterocycles. The number of benzene rings is 1. The fraction of sp³-hybridized carbons (Fsp3) is 0.533. The van der Waals surface area contributed by atoms with Gasteiger partial charge >= 0.3 is 0 Å². The van der Waals surface area contributed by atoms with Crippen LogP contribution in [-0.4, -0.2) is 23.2 Å².